The van der Waals surface area contributed by atoms with Crippen molar-refractivity contribution in [2.45, 2.75) is 12.8 Å². The van der Waals surface area contributed by atoms with E-state index in [0.29, 0.717) is 13.2 Å². The van der Waals surface area contributed by atoms with Crippen LogP contribution in [0.4, 0.5) is 5.69 Å². The molecule has 2 aliphatic heterocycles. The van der Waals surface area contributed by atoms with Crippen molar-refractivity contribution in [3.63, 3.8) is 0 Å². The van der Waals surface area contributed by atoms with Crippen molar-refractivity contribution in [1.29, 1.82) is 0 Å². The Labute approximate surface area is 146 Å². The average molecular weight is 336 g/mol. The van der Waals surface area contributed by atoms with Crippen LogP contribution in [0.25, 0.3) is 5.70 Å². The van der Waals surface area contributed by atoms with Crippen LogP contribution < -0.4 is 20.1 Å². The SMILES string of the molecule is O=C(C=C1NCCc2cc3c(cc21)OCCCO3)Nc1ccccc1. The minimum atomic E-state index is -0.159. The topological polar surface area (TPSA) is 59.6 Å². The van der Waals surface area contributed by atoms with Gasteiger partial charge in [0.2, 0.25) is 5.91 Å². The van der Waals surface area contributed by atoms with Gasteiger partial charge in [-0.25, -0.2) is 0 Å². The second-order valence-corrected chi connectivity index (χ2v) is 6.10. The van der Waals surface area contributed by atoms with Crippen LogP contribution in [0.15, 0.2) is 48.5 Å². The van der Waals surface area contributed by atoms with Gasteiger partial charge in [0.15, 0.2) is 11.5 Å². The smallest absolute Gasteiger partial charge is 0.250 e. The Morgan fingerprint density at radius 1 is 1.08 bits per heavy atom. The van der Waals surface area contributed by atoms with Crippen molar-refractivity contribution in [1.82, 2.24) is 5.32 Å². The number of amides is 1. The summed E-state index contributed by atoms with van der Waals surface area (Å²) in [6, 6.07) is 13.4. The summed E-state index contributed by atoms with van der Waals surface area (Å²) in [7, 11) is 0. The van der Waals surface area contributed by atoms with Crippen LogP contribution in [-0.2, 0) is 11.2 Å². The van der Waals surface area contributed by atoms with Gasteiger partial charge in [0.05, 0.1) is 13.2 Å². The lowest BCUT2D eigenvalue weighted by Gasteiger charge is -2.23. The van der Waals surface area contributed by atoms with Gasteiger partial charge in [0.1, 0.15) is 0 Å². The molecule has 0 unspecified atom stereocenters. The molecule has 0 aliphatic carbocycles. The number of ether oxygens (including phenoxy) is 2. The van der Waals surface area contributed by atoms with E-state index < -0.39 is 0 Å². The first-order chi connectivity index (χ1) is 12.3. The van der Waals surface area contributed by atoms with Gasteiger partial charge in [-0.05, 0) is 36.2 Å². The van der Waals surface area contributed by atoms with E-state index in [4.69, 9.17) is 9.47 Å². The van der Waals surface area contributed by atoms with Crippen LogP contribution in [0.2, 0.25) is 0 Å². The Hall–Kier alpha value is -2.95. The third-order valence-corrected chi connectivity index (χ3v) is 4.29. The number of para-hydroxylation sites is 1. The molecule has 128 valence electrons. The molecule has 1 amide bonds. The van der Waals surface area contributed by atoms with Crippen molar-refractivity contribution in [3.8, 4) is 11.5 Å². The molecule has 2 aliphatic rings. The second-order valence-electron chi connectivity index (χ2n) is 6.10. The van der Waals surface area contributed by atoms with E-state index in [1.807, 2.05) is 42.5 Å². The molecule has 0 aromatic heterocycles. The number of fused-ring (bicyclic) bond motifs is 2. The number of nitrogens with one attached hydrogen (secondary N) is 2. The standard InChI is InChI=1S/C20H20N2O3/c23-20(22-15-5-2-1-3-6-15)13-17-16-12-19-18(24-9-4-10-25-19)11-14(16)7-8-21-17/h1-3,5-6,11-13,21H,4,7-10H2,(H,22,23). The lowest BCUT2D eigenvalue weighted by atomic mass is 9.96. The zero-order valence-electron chi connectivity index (χ0n) is 13.9. The number of carbonyl (C=O) groups is 1. The van der Waals surface area contributed by atoms with E-state index in [-0.39, 0.29) is 5.91 Å². The molecular formula is C20H20N2O3. The molecule has 2 N–H and O–H groups in total. The van der Waals surface area contributed by atoms with Crippen molar-refractivity contribution in [3.05, 3.63) is 59.7 Å². The van der Waals surface area contributed by atoms with E-state index in [1.54, 1.807) is 6.08 Å². The maximum absolute atomic E-state index is 12.4. The number of hydrogen-bond donors (Lipinski definition) is 2. The third kappa shape index (κ3) is 3.45. The van der Waals surface area contributed by atoms with Gasteiger partial charge in [-0.2, -0.15) is 0 Å². The molecule has 0 saturated heterocycles. The zero-order chi connectivity index (χ0) is 17.1. The monoisotopic (exact) mass is 336 g/mol. The van der Waals surface area contributed by atoms with Gasteiger partial charge >= 0.3 is 0 Å². The van der Waals surface area contributed by atoms with Gasteiger partial charge in [-0.15, -0.1) is 0 Å². The molecule has 0 saturated carbocycles. The molecule has 0 radical (unpaired) electrons. The molecule has 0 spiro atoms. The lowest BCUT2D eigenvalue weighted by molar-refractivity contribution is -0.111. The van der Waals surface area contributed by atoms with Crippen LogP contribution in [0.5, 0.6) is 11.5 Å². The Morgan fingerprint density at radius 2 is 1.84 bits per heavy atom. The second kappa shape index (κ2) is 6.89. The van der Waals surface area contributed by atoms with Crippen molar-refractivity contribution >= 4 is 17.3 Å². The summed E-state index contributed by atoms with van der Waals surface area (Å²) in [5.41, 5.74) is 3.75. The van der Waals surface area contributed by atoms with E-state index in [0.717, 1.165) is 47.8 Å². The first-order valence-corrected chi connectivity index (χ1v) is 8.54. The number of anilines is 1. The van der Waals surface area contributed by atoms with Gasteiger partial charge in [-0.3, -0.25) is 4.79 Å². The highest BCUT2D eigenvalue weighted by molar-refractivity contribution is 6.04. The van der Waals surface area contributed by atoms with Gasteiger partial charge in [-0.1, -0.05) is 18.2 Å². The van der Waals surface area contributed by atoms with E-state index in [2.05, 4.69) is 10.6 Å². The summed E-state index contributed by atoms with van der Waals surface area (Å²) < 4.78 is 11.5. The van der Waals surface area contributed by atoms with Crippen LogP contribution >= 0.6 is 0 Å². The van der Waals surface area contributed by atoms with Gasteiger partial charge < -0.3 is 20.1 Å². The van der Waals surface area contributed by atoms with E-state index in [9.17, 15) is 4.79 Å². The summed E-state index contributed by atoms with van der Waals surface area (Å²) in [6.07, 6.45) is 3.37. The van der Waals surface area contributed by atoms with Crippen LogP contribution in [0.3, 0.4) is 0 Å². The molecule has 4 rings (SSSR count). The molecule has 0 fully saturated rings. The van der Waals surface area contributed by atoms with Crippen LogP contribution in [-0.4, -0.2) is 25.7 Å². The molecule has 0 atom stereocenters. The fraction of sp³-hybridized carbons (Fsp3) is 0.250. The van der Waals surface area contributed by atoms with Gasteiger partial charge in [0.25, 0.3) is 0 Å². The molecule has 0 bridgehead atoms. The van der Waals surface area contributed by atoms with Crippen molar-refractivity contribution in [2.24, 2.45) is 0 Å². The summed E-state index contributed by atoms with van der Waals surface area (Å²) >= 11 is 0. The summed E-state index contributed by atoms with van der Waals surface area (Å²) in [5, 5.41) is 6.20. The lowest BCUT2D eigenvalue weighted by Crippen LogP contribution is -2.24. The summed E-state index contributed by atoms with van der Waals surface area (Å²) in [4.78, 5) is 12.4. The first kappa shape index (κ1) is 15.6. The fourth-order valence-corrected chi connectivity index (χ4v) is 3.10. The highest BCUT2D eigenvalue weighted by atomic mass is 16.5. The van der Waals surface area contributed by atoms with E-state index in [1.165, 1.54) is 5.56 Å². The average Bonchev–Trinajstić information content (AvgIpc) is 2.86. The van der Waals surface area contributed by atoms with E-state index >= 15 is 0 Å². The quantitative estimate of drug-likeness (QED) is 0.828. The number of carbonyl (C=O) groups excluding carboxylic acids is 1. The van der Waals surface area contributed by atoms with Crippen molar-refractivity contribution in [2.75, 3.05) is 25.1 Å². The minimum absolute atomic E-state index is 0.159. The van der Waals surface area contributed by atoms with Crippen LogP contribution in [0.1, 0.15) is 17.5 Å². The Kier molecular flexibility index (Phi) is 4.29. The molecule has 5 nitrogen and oxygen atoms in total. The van der Waals surface area contributed by atoms with Crippen LogP contribution in [0, 0.1) is 0 Å². The van der Waals surface area contributed by atoms with Crippen molar-refractivity contribution < 1.29 is 14.3 Å². The number of hydrogen-bond acceptors (Lipinski definition) is 4. The molecule has 25 heavy (non-hydrogen) atoms. The highest BCUT2D eigenvalue weighted by Gasteiger charge is 2.20. The predicted octanol–water partition coefficient (Wildman–Crippen LogP) is 2.97. The number of rotatable bonds is 2. The Morgan fingerprint density at radius 3 is 2.64 bits per heavy atom. The maximum Gasteiger partial charge on any atom is 0.250 e. The molecule has 5 heteroatoms. The molecule has 2 aromatic rings. The summed E-state index contributed by atoms with van der Waals surface area (Å²) in [6.45, 7) is 2.11. The zero-order valence-corrected chi connectivity index (χ0v) is 13.9. The minimum Gasteiger partial charge on any atom is -0.490 e. The molecule has 2 heterocycles. The highest BCUT2D eigenvalue weighted by Crippen LogP contribution is 2.36. The number of benzene rings is 2. The van der Waals surface area contributed by atoms with Gasteiger partial charge in [0, 0.05) is 36.0 Å². The normalized spacial score (nSPS) is 17.2. The Balaban J connectivity index is 1.62. The maximum atomic E-state index is 12.4. The molecule has 2 aromatic carbocycles. The fourth-order valence-electron chi connectivity index (χ4n) is 3.10. The Bertz CT molecular complexity index is 815. The summed E-state index contributed by atoms with van der Waals surface area (Å²) in [5.74, 6) is 1.38. The predicted molar refractivity (Wildman–Crippen MR) is 96.8 cm³/mol. The largest absolute Gasteiger partial charge is 0.490 e. The first-order valence-electron chi connectivity index (χ1n) is 8.54. The third-order valence-electron chi connectivity index (χ3n) is 4.29. The molecular weight excluding hydrogens is 316 g/mol.